The minimum atomic E-state index is -3.26. The maximum absolute atomic E-state index is 12.6. The van der Waals surface area contributed by atoms with E-state index in [1.807, 2.05) is 41.2 Å². The first-order chi connectivity index (χ1) is 12.6. The number of benzene rings is 1. The minimum Gasteiger partial charge on any atom is -0.494 e. The van der Waals surface area contributed by atoms with Crippen molar-refractivity contribution >= 4 is 10.0 Å². The maximum Gasteiger partial charge on any atom is 0.214 e. The normalized spacial score (nSPS) is 21.2. The van der Waals surface area contributed by atoms with E-state index >= 15 is 0 Å². The lowest BCUT2D eigenvalue weighted by Gasteiger charge is -2.16. The van der Waals surface area contributed by atoms with Gasteiger partial charge in [-0.3, -0.25) is 0 Å². The summed E-state index contributed by atoms with van der Waals surface area (Å²) in [6.45, 7) is 1.43. The largest absolute Gasteiger partial charge is 0.494 e. The van der Waals surface area contributed by atoms with Crippen molar-refractivity contribution in [1.29, 1.82) is 0 Å². The van der Waals surface area contributed by atoms with Gasteiger partial charge in [-0.05, 0) is 37.8 Å². The molecule has 0 N–H and O–H groups in total. The molecule has 1 aliphatic carbocycles. The zero-order chi connectivity index (χ0) is 18.0. The van der Waals surface area contributed by atoms with Gasteiger partial charge in [-0.1, -0.05) is 23.4 Å². The number of hydrogen-bond acceptors (Lipinski definition) is 5. The summed E-state index contributed by atoms with van der Waals surface area (Å²) >= 11 is 0. The highest BCUT2D eigenvalue weighted by Crippen LogP contribution is 2.39. The molecule has 26 heavy (non-hydrogen) atoms. The lowest BCUT2D eigenvalue weighted by Crippen LogP contribution is -2.32. The van der Waals surface area contributed by atoms with Crippen molar-refractivity contribution in [2.45, 2.75) is 37.6 Å². The predicted octanol–water partition coefficient (Wildman–Crippen LogP) is 2.20. The van der Waals surface area contributed by atoms with E-state index in [1.54, 1.807) is 4.31 Å². The molecule has 2 heterocycles. The zero-order valence-electron chi connectivity index (χ0n) is 14.7. The lowest BCUT2D eigenvalue weighted by molar-refractivity contribution is 0.316. The summed E-state index contributed by atoms with van der Waals surface area (Å²) in [6, 6.07) is 9.54. The predicted molar refractivity (Wildman–Crippen MR) is 97.6 cm³/mol. The van der Waals surface area contributed by atoms with Crippen LogP contribution in [0.5, 0.6) is 5.75 Å². The molecule has 1 saturated carbocycles. The van der Waals surface area contributed by atoms with Crippen molar-refractivity contribution in [1.82, 2.24) is 19.3 Å². The Labute approximate surface area is 154 Å². The van der Waals surface area contributed by atoms with Gasteiger partial charge in [0.2, 0.25) is 10.0 Å². The molecule has 8 heteroatoms. The summed E-state index contributed by atoms with van der Waals surface area (Å²) in [5, 5.41) is 8.44. The van der Waals surface area contributed by atoms with E-state index in [9.17, 15) is 8.42 Å². The van der Waals surface area contributed by atoms with Crippen LogP contribution >= 0.6 is 0 Å². The highest BCUT2D eigenvalue weighted by atomic mass is 32.2. The van der Waals surface area contributed by atoms with Gasteiger partial charge in [-0.15, -0.1) is 5.10 Å². The van der Waals surface area contributed by atoms with Crippen LogP contribution in [0.2, 0.25) is 0 Å². The van der Waals surface area contributed by atoms with Crippen LogP contribution in [0.25, 0.3) is 0 Å². The Hall–Kier alpha value is -1.93. The van der Waals surface area contributed by atoms with Crippen LogP contribution in [-0.2, 0) is 10.0 Å². The summed E-state index contributed by atoms with van der Waals surface area (Å²) in [7, 11) is -3.26. The Balaban J connectivity index is 1.26. The maximum atomic E-state index is 12.6. The van der Waals surface area contributed by atoms with E-state index in [2.05, 4.69) is 10.3 Å². The summed E-state index contributed by atoms with van der Waals surface area (Å²) in [4.78, 5) is 0. The molecule has 7 nitrogen and oxygen atoms in total. The average molecular weight is 376 g/mol. The van der Waals surface area contributed by atoms with E-state index < -0.39 is 10.0 Å². The second kappa shape index (κ2) is 7.36. The first-order valence-corrected chi connectivity index (χ1v) is 10.8. The molecule has 1 atom stereocenters. The standard InChI is InChI=1S/C18H24N4O3S/c23-26(24,12-4-11-25-17-5-2-1-3-6-17)21-10-9-16(13-21)22-14-18(19-20-22)15-7-8-15/h1-3,5-6,14-16H,4,7-13H2. The van der Waals surface area contributed by atoms with E-state index in [0.717, 1.165) is 17.9 Å². The third kappa shape index (κ3) is 4.07. The first-order valence-electron chi connectivity index (χ1n) is 9.19. The minimum absolute atomic E-state index is 0.0883. The molecular formula is C18H24N4O3S. The molecule has 1 saturated heterocycles. The molecule has 4 rings (SSSR count). The van der Waals surface area contributed by atoms with Crippen LogP contribution in [0.1, 0.15) is 43.3 Å². The number of aromatic nitrogens is 3. The fourth-order valence-corrected chi connectivity index (χ4v) is 4.82. The molecule has 1 aliphatic heterocycles. The van der Waals surface area contributed by atoms with E-state index in [-0.39, 0.29) is 11.8 Å². The molecule has 0 bridgehead atoms. The van der Waals surface area contributed by atoms with Crippen molar-refractivity contribution in [2.75, 3.05) is 25.4 Å². The number of hydrogen-bond donors (Lipinski definition) is 0. The van der Waals surface area contributed by atoms with Crippen molar-refractivity contribution in [3.63, 3.8) is 0 Å². The molecule has 1 aromatic heterocycles. The fourth-order valence-electron chi connectivity index (χ4n) is 3.29. The fraction of sp³-hybridized carbons (Fsp3) is 0.556. The van der Waals surface area contributed by atoms with Gasteiger partial charge in [0.05, 0.1) is 24.1 Å². The zero-order valence-corrected chi connectivity index (χ0v) is 15.5. The number of nitrogens with zero attached hydrogens (tertiary/aromatic N) is 4. The Morgan fingerprint density at radius 3 is 2.73 bits per heavy atom. The second-order valence-electron chi connectivity index (χ2n) is 7.03. The second-order valence-corrected chi connectivity index (χ2v) is 9.12. The smallest absolute Gasteiger partial charge is 0.214 e. The van der Waals surface area contributed by atoms with Gasteiger partial charge >= 0.3 is 0 Å². The summed E-state index contributed by atoms with van der Waals surface area (Å²) in [5.74, 6) is 1.44. The Morgan fingerprint density at radius 1 is 1.15 bits per heavy atom. The molecule has 2 aliphatic rings. The molecule has 0 radical (unpaired) electrons. The summed E-state index contributed by atoms with van der Waals surface area (Å²) in [6.07, 6.45) is 5.64. The van der Waals surface area contributed by atoms with E-state index in [4.69, 9.17) is 4.74 Å². The van der Waals surface area contributed by atoms with Crippen molar-refractivity contribution < 1.29 is 13.2 Å². The monoisotopic (exact) mass is 376 g/mol. The average Bonchev–Trinajstić information content (AvgIpc) is 3.17. The topological polar surface area (TPSA) is 77.3 Å². The van der Waals surface area contributed by atoms with Crippen LogP contribution in [0.15, 0.2) is 36.5 Å². The Bertz CT molecular complexity index is 833. The summed E-state index contributed by atoms with van der Waals surface area (Å²) in [5.41, 5.74) is 1.05. The van der Waals surface area contributed by atoms with Gasteiger partial charge in [0, 0.05) is 25.2 Å². The Kier molecular flexibility index (Phi) is 4.95. The molecule has 140 valence electrons. The molecule has 1 aromatic carbocycles. The third-order valence-electron chi connectivity index (χ3n) is 4.98. The van der Waals surface area contributed by atoms with Crippen LogP contribution in [0.4, 0.5) is 0 Å². The molecule has 0 spiro atoms. The van der Waals surface area contributed by atoms with Crippen molar-refractivity contribution in [2.24, 2.45) is 0 Å². The molecule has 1 unspecified atom stereocenters. The molecular weight excluding hydrogens is 352 g/mol. The van der Waals surface area contributed by atoms with Crippen molar-refractivity contribution in [3.8, 4) is 5.75 Å². The van der Waals surface area contributed by atoms with Crippen LogP contribution in [0.3, 0.4) is 0 Å². The molecule has 2 aromatic rings. The highest BCUT2D eigenvalue weighted by Gasteiger charge is 2.33. The van der Waals surface area contributed by atoms with Gasteiger partial charge in [0.1, 0.15) is 5.75 Å². The molecule has 0 amide bonds. The van der Waals surface area contributed by atoms with Gasteiger partial charge in [-0.2, -0.15) is 4.31 Å². The summed E-state index contributed by atoms with van der Waals surface area (Å²) < 4.78 is 34.2. The van der Waals surface area contributed by atoms with Gasteiger partial charge < -0.3 is 4.74 Å². The lowest BCUT2D eigenvalue weighted by atomic mass is 10.2. The Morgan fingerprint density at radius 2 is 1.96 bits per heavy atom. The van der Waals surface area contributed by atoms with Gasteiger partial charge in [-0.25, -0.2) is 13.1 Å². The van der Waals surface area contributed by atoms with E-state index in [0.29, 0.717) is 32.0 Å². The number of sulfonamides is 1. The SMILES string of the molecule is O=S(=O)(CCCOc1ccccc1)N1CCC(n2cc(C3CC3)nn2)C1. The van der Waals surface area contributed by atoms with Gasteiger partial charge in [0.15, 0.2) is 0 Å². The number of ether oxygens (including phenoxy) is 1. The van der Waals surface area contributed by atoms with E-state index in [1.165, 1.54) is 12.8 Å². The molecule has 2 fully saturated rings. The third-order valence-corrected chi connectivity index (χ3v) is 6.90. The van der Waals surface area contributed by atoms with Gasteiger partial charge in [0.25, 0.3) is 0 Å². The van der Waals surface area contributed by atoms with Crippen molar-refractivity contribution in [3.05, 3.63) is 42.2 Å². The highest BCUT2D eigenvalue weighted by molar-refractivity contribution is 7.89. The number of rotatable bonds is 8. The quantitative estimate of drug-likeness (QED) is 0.660. The van der Waals surface area contributed by atoms with Crippen LogP contribution in [0, 0.1) is 0 Å². The first kappa shape index (κ1) is 17.5. The van der Waals surface area contributed by atoms with Crippen LogP contribution in [-0.4, -0.2) is 53.2 Å². The number of para-hydroxylation sites is 1. The van der Waals surface area contributed by atoms with Crippen LogP contribution < -0.4 is 4.74 Å².